The second kappa shape index (κ2) is 9.25. The number of rotatable bonds is 5. The number of ether oxygens (including phenoxy) is 2. The van der Waals surface area contributed by atoms with E-state index in [-0.39, 0.29) is 17.5 Å². The van der Waals surface area contributed by atoms with Crippen LogP contribution in [0.5, 0.6) is 11.5 Å². The average Bonchev–Trinajstić information content (AvgIpc) is 3.38. The molecule has 7 nitrogen and oxygen atoms in total. The number of aryl methyl sites for hydroxylation is 1. The van der Waals surface area contributed by atoms with Crippen molar-refractivity contribution in [3.05, 3.63) is 94.0 Å². The van der Waals surface area contributed by atoms with Crippen LogP contribution in [0.3, 0.4) is 0 Å². The minimum atomic E-state index is -0.126. The van der Waals surface area contributed by atoms with Crippen molar-refractivity contribution in [3.63, 3.8) is 0 Å². The van der Waals surface area contributed by atoms with Gasteiger partial charge >= 0.3 is 0 Å². The van der Waals surface area contributed by atoms with Gasteiger partial charge in [0.25, 0.3) is 11.5 Å². The van der Waals surface area contributed by atoms with Crippen LogP contribution in [0.2, 0.25) is 0 Å². The Balaban J connectivity index is 1.45. The second-order valence-corrected chi connectivity index (χ2v) is 8.63. The highest BCUT2D eigenvalue weighted by molar-refractivity contribution is 5.95. The van der Waals surface area contributed by atoms with Crippen molar-refractivity contribution < 1.29 is 14.3 Å². The van der Waals surface area contributed by atoms with Gasteiger partial charge in [-0.1, -0.05) is 12.1 Å². The molecule has 5 rings (SSSR count). The Morgan fingerprint density at radius 3 is 2.51 bits per heavy atom. The summed E-state index contributed by atoms with van der Waals surface area (Å²) in [6, 6.07) is 20.1. The Kier molecular flexibility index (Phi) is 5.99. The quantitative estimate of drug-likeness (QED) is 0.424. The van der Waals surface area contributed by atoms with Crippen molar-refractivity contribution in [2.24, 2.45) is 0 Å². The fourth-order valence-electron chi connectivity index (χ4n) is 4.89. The molecular weight excluding hydrogens is 442 g/mol. The van der Waals surface area contributed by atoms with Gasteiger partial charge in [-0.2, -0.15) is 0 Å². The first-order valence-electron chi connectivity index (χ1n) is 11.6. The first-order valence-corrected chi connectivity index (χ1v) is 11.6. The highest BCUT2D eigenvalue weighted by Crippen LogP contribution is 2.39. The van der Waals surface area contributed by atoms with Crippen LogP contribution < -0.4 is 15.0 Å². The van der Waals surface area contributed by atoms with Gasteiger partial charge in [-0.15, -0.1) is 0 Å². The lowest BCUT2D eigenvalue weighted by molar-refractivity contribution is 0.0734. The summed E-state index contributed by atoms with van der Waals surface area (Å²) in [7, 11) is 3.25. The summed E-state index contributed by atoms with van der Waals surface area (Å²) in [5, 5.41) is 0.562. The number of aromatic nitrogens is 2. The molecule has 3 aromatic carbocycles. The van der Waals surface area contributed by atoms with Crippen molar-refractivity contribution in [3.8, 4) is 17.2 Å². The first kappa shape index (κ1) is 22.7. The lowest BCUT2D eigenvalue weighted by Crippen LogP contribution is -2.30. The second-order valence-electron chi connectivity index (χ2n) is 8.63. The van der Waals surface area contributed by atoms with E-state index in [2.05, 4.69) is 4.98 Å². The summed E-state index contributed by atoms with van der Waals surface area (Å²) >= 11 is 0. The zero-order valence-electron chi connectivity index (χ0n) is 20.0. The van der Waals surface area contributed by atoms with E-state index in [1.165, 1.54) is 0 Å². The topological polar surface area (TPSA) is 73.7 Å². The Morgan fingerprint density at radius 2 is 1.77 bits per heavy atom. The molecule has 178 valence electrons. The Bertz CT molecular complexity index is 1460. The Labute approximate surface area is 203 Å². The Morgan fingerprint density at radius 1 is 1.00 bits per heavy atom. The SMILES string of the molecule is COc1ccc(C2CCCN2C(=O)c2ccc(-n3c(C)nc4ccccc4c3=O)cc2)c(OC)c1. The van der Waals surface area contributed by atoms with Crippen molar-refractivity contribution in [2.75, 3.05) is 20.8 Å². The summed E-state index contributed by atoms with van der Waals surface area (Å²) < 4.78 is 12.5. The van der Waals surface area contributed by atoms with Crippen molar-refractivity contribution in [2.45, 2.75) is 25.8 Å². The van der Waals surface area contributed by atoms with Gasteiger partial charge in [-0.05, 0) is 68.3 Å². The van der Waals surface area contributed by atoms with Crippen LogP contribution in [0.1, 0.15) is 40.6 Å². The number of nitrogens with zero attached hydrogens (tertiary/aromatic N) is 3. The fourth-order valence-corrected chi connectivity index (χ4v) is 4.89. The molecule has 35 heavy (non-hydrogen) atoms. The first-order chi connectivity index (χ1) is 17.0. The van der Waals surface area contributed by atoms with E-state index in [0.29, 0.717) is 46.0 Å². The van der Waals surface area contributed by atoms with E-state index in [0.717, 1.165) is 18.4 Å². The van der Waals surface area contributed by atoms with E-state index >= 15 is 0 Å². The number of amides is 1. The van der Waals surface area contributed by atoms with Crippen LogP contribution in [0.15, 0.2) is 71.5 Å². The van der Waals surface area contributed by atoms with Gasteiger partial charge in [0.05, 0.1) is 36.9 Å². The number of hydrogen-bond donors (Lipinski definition) is 0. The monoisotopic (exact) mass is 469 g/mol. The predicted molar refractivity (Wildman–Crippen MR) is 135 cm³/mol. The van der Waals surface area contributed by atoms with Gasteiger partial charge in [-0.25, -0.2) is 4.98 Å². The summed E-state index contributed by atoms with van der Waals surface area (Å²) in [6.07, 6.45) is 1.78. The smallest absolute Gasteiger partial charge is 0.265 e. The predicted octanol–water partition coefficient (Wildman–Crippen LogP) is 4.69. The minimum absolute atomic E-state index is 0.0439. The molecule has 2 heterocycles. The van der Waals surface area contributed by atoms with Crippen LogP contribution in [-0.4, -0.2) is 41.1 Å². The lowest BCUT2D eigenvalue weighted by Gasteiger charge is -2.27. The molecule has 1 amide bonds. The molecule has 4 aromatic rings. The van der Waals surface area contributed by atoms with Crippen LogP contribution in [0.25, 0.3) is 16.6 Å². The number of carbonyl (C=O) groups is 1. The molecule has 1 aliphatic heterocycles. The number of benzene rings is 3. The van der Waals surface area contributed by atoms with Gasteiger partial charge in [0, 0.05) is 23.7 Å². The molecule has 1 fully saturated rings. The molecule has 7 heteroatoms. The zero-order chi connectivity index (χ0) is 24.5. The summed E-state index contributed by atoms with van der Waals surface area (Å²) in [5.74, 6) is 1.98. The van der Waals surface area contributed by atoms with Gasteiger partial charge in [-0.3, -0.25) is 14.2 Å². The average molecular weight is 470 g/mol. The Hall–Kier alpha value is -4.13. The molecule has 1 atom stereocenters. The largest absolute Gasteiger partial charge is 0.497 e. The summed E-state index contributed by atoms with van der Waals surface area (Å²) in [6.45, 7) is 2.48. The lowest BCUT2D eigenvalue weighted by atomic mass is 10.0. The molecule has 0 saturated carbocycles. The maximum absolute atomic E-state index is 13.5. The summed E-state index contributed by atoms with van der Waals surface area (Å²) in [5.41, 5.74) is 2.77. The van der Waals surface area contributed by atoms with E-state index in [1.807, 2.05) is 48.2 Å². The normalized spacial score (nSPS) is 15.4. The highest BCUT2D eigenvalue weighted by atomic mass is 16.5. The van der Waals surface area contributed by atoms with Gasteiger partial charge in [0.1, 0.15) is 17.3 Å². The third-order valence-electron chi connectivity index (χ3n) is 6.63. The molecule has 1 aromatic heterocycles. The molecule has 0 radical (unpaired) electrons. The molecule has 1 saturated heterocycles. The highest BCUT2D eigenvalue weighted by Gasteiger charge is 2.32. The van der Waals surface area contributed by atoms with Crippen molar-refractivity contribution in [1.82, 2.24) is 14.5 Å². The van der Waals surface area contributed by atoms with Crippen LogP contribution in [-0.2, 0) is 0 Å². The van der Waals surface area contributed by atoms with Gasteiger partial charge in [0.15, 0.2) is 0 Å². The minimum Gasteiger partial charge on any atom is -0.497 e. The van der Waals surface area contributed by atoms with E-state index in [4.69, 9.17) is 9.47 Å². The molecule has 0 spiro atoms. The molecule has 0 bridgehead atoms. The molecule has 1 unspecified atom stereocenters. The maximum Gasteiger partial charge on any atom is 0.265 e. The number of para-hydroxylation sites is 1. The number of carbonyl (C=O) groups excluding carboxylic acids is 1. The van der Waals surface area contributed by atoms with Gasteiger partial charge < -0.3 is 14.4 Å². The fraction of sp³-hybridized carbons (Fsp3) is 0.250. The number of likely N-dealkylation sites (tertiary alicyclic amines) is 1. The third kappa shape index (κ3) is 4.03. The number of methoxy groups -OCH3 is 2. The standard InChI is InChI=1S/C28H27N3O4/c1-18-29-24-8-5-4-7-22(24)28(33)31(18)20-12-10-19(11-13-20)27(32)30-16-6-9-25(30)23-15-14-21(34-2)17-26(23)35-3/h4-5,7-8,10-15,17,25H,6,9,16H2,1-3H3. The number of fused-ring (bicyclic) bond motifs is 1. The van der Waals surface area contributed by atoms with Crippen LogP contribution >= 0.6 is 0 Å². The van der Waals surface area contributed by atoms with Crippen LogP contribution in [0.4, 0.5) is 0 Å². The third-order valence-corrected chi connectivity index (χ3v) is 6.63. The van der Waals surface area contributed by atoms with Crippen molar-refractivity contribution >= 4 is 16.8 Å². The maximum atomic E-state index is 13.5. The molecule has 0 N–H and O–H groups in total. The summed E-state index contributed by atoms with van der Waals surface area (Å²) in [4.78, 5) is 33.1. The molecule has 1 aliphatic rings. The zero-order valence-corrected chi connectivity index (χ0v) is 20.0. The molecular formula is C28H27N3O4. The number of hydrogen-bond acceptors (Lipinski definition) is 5. The van der Waals surface area contributed by atoms with E-state index in [9.17, 15) is 9.59 Å². The van der Waals surface area contributed by atoms with Crippen LogP contribution in [0, 0.1) is 6.92 Å². The molecule has 0 aliphatic carbocycles. The van der Waals surface area contributed by atoms with E-state index < -0.39 is 0 Å². The van der Waals surface area contributed by atoms with Gasteiger partial charge in [0.2, 0.25) is 0 Å². The van der Waals surface area contributed by atoms with E-state index in [1.54, 1.807) is 49.1 Å². The van der Waals surface area contributed by atoms with Crippen molar-refractivity contribution in [1.29, 1.82) is 0 Å².